The van der Waals surface area contributed by atoms with E-state index in [1.54, 1.807) is 26.8 Å². The van der Waals surface area contributed by atoms with Crippen molar-refractivity contribution in [3.05, 3.63) is 27.7 Å². The van der Waals surface area contributed by atoms with Crippen molar-refractivity contribution in [2.45, 2.75) is 25.0 Å². The van der Waals surface area contributed by atoms with E-state index in [2.05, 4.69) is 9.71 Å². The topological polar surface area (TPSA) is 85.4 Å². The molecular formula is C12H14N2O4S3. The van der Waals surface area contributed by atoms with E-state index in [1.165, 1.54) is 17.5 Å². The predicted molar refractivity (Wildman–Crippen MR) is 82.7 cm³/mol. The van der Waals surface area contributed by atoms with Crippen LogP contribution in [0, 0.1) is 13.8 Å². The number of hydrogen-bond donors (Lipinski definition) is 1. The zero-order chi connectivity index (χ0) is 15.6. The summed E-state index contributed by atoms with van der Waals surface area (Å²) in [6, 6.07) is 1.61. The van der Waals surface area contributed by atoms with Crippen LogP contribution in [0.4, 0.5) is 5.00 Å². The van der Waals surface area contributed by atoms with Crippen LogP contribution in [0.2, 0.25) is 0 Å². The van der Waals surface area contributed by atoms with Gasteiger partial charge in [-0.25, -0.2) is 18.2 Å². The van der Waals surface area contributed by atoms with Crippen LogP contribution in [-0.2, 0) is 14.8 Å². The normalized spacial score (nSPS) is 11.4. The van der Waals surface area contributed by atoms with Crippen LogP contribution in [0.3, 0.4) is 0 Å². The molecule has 0 unspecified atom stereocenters. The molecule has 1 N–H and O–H groups in total. The second kappa shape index (κ2) is 6.12. The molecule has 2 heterocycles. The number of esters is 1. The summed E-state index contributed by atoms with van der Waals surface area (Å²) in [6.45, 7) is 5.44. The molecule has 0 aromatic carbocycles. The Labute approximate surface area is 130 Å². The molecule has 2 aromatic rings. The molecule has 0 saturated carbocycles. The van der Waals surface area contributed by atoms with Gasteiger partial charge < -0.3 is 4.74 Å². The molecule has 0 saturated heterocycles. The summed E-state index contributed by atoms with van der Waals surface area (Å²) in [5, 5.41) is 0.917. The van der Waals surface area contributed by atoms with Gasteiger partial charge in [0.15, 0.2) is 4.21 Å². The van der Waals surface area contributed by atoms with Gasteiger partial charge >= 0.3 is 5.97 Å². The highest BCUT2D eigenvalue weighted by atomic mass is 32.2. The van der Waals surface area contributed by atoms with Crippen LogP contribution >= 0.6 is 22.7 Å². The molecule has 2 aromatic heterocycles. The minimum absolute atomic E-state index is 0.112. The summed E-state index contributed by atoms with van der Waals surface area (Å²) in [7, 11) is -3.74. The highest BCUT2D eigenvalue weighted by Gasteiger charge is 2.23. The molecule has 0 aliphatic heterocycles. The smallest absolute Gasteiger partial charge is 0.341 e. The van der Waals surface area contributed by atoms with Crippen molar-refractivity contribution in [3.8, 4) is 0 Å². The number of aromatic nitrogens is 1. The Morgan fingerprint density at radius 1 is 1.38 bits per heavy atom. The Morgan fingerprint density at radius 3 is 2.67 bits per heavy atom. The molecule has 0 spiro atoms. The molecule has 0 aliphatic carbocycles. The lowest BCUT2D eigenvalue weighted by Gasteiger charge is -2.06. The minimum Gasteiger partial charge on any atom is -0.462 e. The number of anilines is 1. The number of thiophene rings is 1. The van der Waals surface area contributed by atoms with Gasteiger partial charge in [-0.2, -0.15) is 0 Å². The van der Waals surface area contributed by atoms with Crippen molar-refractivity contribution in [2.75, 3.05) is 11.3 Å². The zero-order valence-electron chi connectivity index (χ0n) is 11.7. The van der Waals surface area contributed by atoms with E-state index in [4.69, 9.17) is 4.74 Å². The van der Waals surface area contributed by atoms with Crippen molar-refractivity contribution in [2.24, 2.45) is 0 Å². The Balaban J connectivity index is 2.33. The maximum Gasteiger partial charge on any atom is 0.341 e. The number of carbonyl (C=O) groups is 1. The lowest BCUT2D eigenvalue weighted by atomic mass is 10.3. The SMILES string of the molecule is CCOC(=O)c1cc(C)sc1NS(=O)(=O)c1cnc(C)s1. The van der Waals surface area contributed by atoms with Gasteiger partial charge in [0.25, 0.3) is 10.0 Å². The Bertz CT molecular complexity index is 761. The molecule has 0 fully saturated rings. The van der Waals surface area contributed by atoms with Crippen LogP contribution < -0.4 is 4.72 Å². The Morgan fingerprint density at radius 2 is 2.10 bits per heavy atom. The van der Waals surface area contributed by atoms with Gasteiger partial charge in [-0.1, -0.05) is 0 Å². The van der Waals surface area contributed by atoms with E-state index >= 15 is 0 Å². The van der Waals surface area contributed by atoms with Gasteiger partial charge in [0.1, 0.15) is 5.00 Å². The first kappa shape index (κ1) is 15.9. The molecule has 21 heavy (non-hydrogen) atoms. The van der Waals surface area contributed by atoms with E-state index in [0.29, 0.717) is 5.01 Å². The molecule has 9 heteroatoms. The number of ether oxygens (including phenoxy) is 1. The van der Waals surface area contributed by atoms with Crippen LogP contribution in [0.5, 0.6) is 0 Å². The maximum absolute atomic E-state index is 12.3. The summed E-state index contributed by atoms with van der Waals surface area (Å²) in [5.74, 6) is -0.542. The van der Waals surface area contributed by atoms with Gasteiger partial charge in [0, 0.05) is 4.88 Å². The molecule has 0 atom stereocenters. The second-order valence-electron chi connectivity index (χ2n) is 4.12. The lowest BCUT2D eigenvalue weighted by molar-refractivity contribution is 0.0528. The first-order chi connectivity index (χ1) is 9.83. The van der Waals surface area contributed by atoms with E-state index in [1.807, 2.05) is 0 Å². The molecule has 0 bridgehead atoms. The zero-order valence-corrected chi connectivity index (χ0v) is 14.1. The van der Waals surface area contributed by atoms with E-state index in [9.17, 15) is 13.2 Å². The molecule has 114 valence electrons. The highest BCUT2D eigenvalue weighted by Crippen LogP contribution is 2.31. The fraction of sp³-hybridized carbons (Fsp3) is 0.333. The molecule has 2 rings (SSSR count). The Kier molecular flexibility index (Phi) is 4.64. The average molecular weight is 346 g/mol. The van der Waals surface area contributed by atoms with Crippen LogP contribution in [0.1, 0.15) is 27.2 Å². The number of aryl methyl sites for hydroxylation is 2. The first-order valence-electron chi connectivity index (χ1n) is 6.06. The first-order valence-corrected chi connectivity index (χ1v) is 9.18. The Hall–Kier alpha value is -1.45. The lowest BCUT2D eigenvalue weighted by Crippen LogP contribution is -2.14. The fourth-order valence-corrected chi connectivity index (χ4v) is 4.91. The van der Waals surface area contributed by atoms with Gasteiger partial charge in [-0.15, -0.1) is 22.7 Å². The fourth-order valence-electron chi connectivity index (χ4n) is 1.59. The van der Waals surface area contributed by atoms with Crippen LogP contribution in [0.25, 0.3) is 0 Å². The van der Waals surface area contributed by atoms with Crippen molar-refractivity contribution in [1.29, 1.82) is 0 Å². The maximum atomic E-state index is 12.3. The highest BCUT2D eigenvalue weighted by molar-refractivity contribution is 7.94. The number of thiazole rings is 1. The standard InChI is InChI=1S/C12H14N2O4S3/c1-4-18-12(15)9-5-7(2)19-11(9)14-21(16,17)10-6-13-8(3)20-10/h5-6,14H,4H2,1-3H3. The van der Waals surface area contributed by atoms with Crippen LogP contribution in [0.15, 0.2) is 16.5 Å². The third kappa shape index (κ3) is 3.60. The predicted octanol–water partition coefficient (Wildman–Crippen LogP) is 2.80. The van der Waals surface area contributed by atoms with E-state index in [-0.39, 0.29) is 21.4 Å². The summed E-state index contributed by atoms with van der Waals surface area (Å²) in [6.07, 6.45) is 1.30. The molecule has 0 aliphatic rings. The molecule has 6 nitrogen and oxygen atoms in total. The molecule has 0 amide bonds. The second-order valence-corrected chi connectivity index (χ2v) is 8.52. The largest absolute Gasteiger partial charge is 0.462 e. The third-order valence-corrected chi connectivity index (χ3v) is 6.26. The average Bonchev–Trinajstić information content (AvgIpc) is 2.96. The van der Waals surface area contributed by atoms with Crippen molar-refractivity contribution >= 4 is 43.7 Å². The van der Waals surface area contributed by atoms with Crippen molar-refractivity contribution in [3.63, 3.8) is 0 Å². The van der Waals surface area contributed by atoms with E-state index in [0.717, 1.165) is 16.2 Å². The summed E-state index contributed by atoms with van der Waals surface area (Å²) in [5.41, 5.74) is 0.226. The van der Waals surface area contributed by atoms with Gasteiger partial charge in [-0.05, 0) is 26.8 Å². The molecular weight excluding hydrogens is 332 g/mol. The number of sulfonamides is 1. The quantitative estimate of drug-likeness (QED) is 0.842. The van der Waals surface area contributed by atoms with E-state index < -0.39 is 16.0 Å². The summed E-state index contributed by atoms with van der Waals surface area (Å²) in [4.78, 5) is 16.6. The summed E-state index contributed by atoms with van der Waals surface area (Å²) >= 11 is 2.26. The number of nitrogens with zero attached hydrogens (tertiary/aromatic N) is 1. The third-order valence-electron chi connectivity index (χ3n) is 2.44. The summed E-state index contributed by atoms with van der Waals surface area (Å²) < 4.78 is 32.0. The van der Waals surface area contributed by atoms with Crippen molar-refractivity contribution in [1.82, 2.24) is 4.98 Å². The number of nitrogens with one attached hydrogen (secondary N) is 1. The van der Waals surface area contributed by atoms with Crippen molar-refractivity contribution < 1.29 is 17.9 Å². The molecule has 0 radical (unpaired) electrons. The van der Waals surface area contributed by atoms with Gasteiger partial charge in [-0.3, -0.25) is 4.72 Å². The minimum atomic E-state index is -3.74. The van der Waals surface area contributed by atoms with Crippen LogP contribution in [-0.4, -0.2) is 26.0 Å². The number of hydrogen-bond acceptors (Lipinski definition) is 7. The van der Waals surface area contributed by atoms with Gasteiger partial charge in [0.05, 0.1) is 23.4 Å². The number of rotatable bonds is 5. The van der Waals surface area contributed by atoms with Gasteiger partial charge in [0.2, 0.25) is 0 Å². The monoisotopic (exact) mass is 346 g/mol. The number of carbonyl (C=O) groups excluding carboxylic acids is 1.